The molecule has 0 heterocycles. The van der Waals surface area contributed by atoms with Crippen LogP contribution in [0.1, 0.15) is 43.7 Å². The van der Waals surface area contributed by atoms with E-state index in [9.17, 15) is 9.18 Å². The van der Waals surface area contributed by atoms with E-state index in [0.29, 0.717) is 31.1 Å². The standard InChI is InChI=1S/C20H24FNO2/c1-14(2)19-11-10-18(13-15(19)3)24-12-4-5-20(23)22-17-8-6-16(21)7-9-17/h6-11,13-14H,4-5,12H2,1-3H3,(H,22,23). The van der Waals surface area contributed by atoms with E-state index in [1.54, 1.807) is 12.1 Å². The minimum atomic E-state index is -0.319. The van der Waals surface area contributed by atoms with Gasteiger partial charge >= 0.3 is 0 Å². The van der Waals surface area contributed by atoms with Crippen molar-refractivity contribution in [1.82, 2.24) is 0 Å². The van der Waals surface area contributed by atoms with Gasteiger partial charge in [-0.25, -0.2) is 4.39 Å². The van der Waals surface area contributed by atoms with Crippen molar-refractivity contribution in [3.63, 3.8) is 0 Å². The van der Waals surface area contributed by atoms with Crippen LogP contribution in [0.15, 0.2) is 42.5 Å². The smallest absolute Gasteiger partial charge is 0.224 e. The number of ether oxygens (including phenoxy) is 1. The molecule has 0 aliphatic rings. The van der Waals surface area contributed by atoms with Gasteiger partial charge in [0, 0.05) is 12.1 Å². The SMILES string of the molecule is Cc1cc(OCCCC(=O)Nc2ccc(F)cc2)ccc1C(C)C. The maximum atomic E-state index is 12.8. The molecule has 0 unspecified atom stereocenters. The molecule has 3 nitrogen and oxygen atoms in total. The molecule has 0 atom stereocenters. The number of hydrogen-bond donors (Lipinski definition) is 1. The highest BCUT2D eigenvalue weighted by atomic mass is 19.1. The van der Waals surface area contributed by atoms with E-state index in [-0.39, 0.29) is 11.7 Å². The van der Waals surface area contributed by atoms with Gasteiger partial charge < -0.3 is 10.1 Å². The molecule has 0 aliphatic heterocycles. The molecular formula is C20H24FNO2. The molecule has 2 aromatic carbocycles. The van der Waals surface area contributed by atoms with Crippen LogP contribution in [0.5, 0.6) is 5.75 Å². The molecule has 0 bridgehead atoms. The molecule has 0 saturated carbocycles. The molecule has 2 aromatic rings. The predicted octanol–water partition coefficient (Wildman–Crippen LogP) is 5.06. The summed E-state index contributed by atoms with van der Waals surface area (Å²) in [6.45, 7) is 6.90. The number of carbonyl (C=O) groups excluding carboxylic acids is 1. The van der Waals surface area contributed by atoms with Crippen LogP contribution >= 0.6 is 0 Å². The largest absolute Gasteiger partial charge is 0.494 e. The molecule has 0 spiro atoms. The Morgan fingerprint density at radius 3 is 2.50 bits per heavy atom. The first-order chi connectivity index (χ1) is 11.5. The number of nitrogens with one attached hydrogen (secondary N) is 1. The minimum Gasteiger partial charge on any atom is -0.494 e. The van der Waals surface area contributed by atoms with Gasteiger partial charge in [-0.05, 0) is 66.8 Å². The van der Waals surface area contributed by atoms with Crippen LogP contribution in [-0.2, 0) is 4.79 Å². The number of benzene rings is 2. The number of carbonyl (C=O) groups is 1. The van der Waals surface area contributed by atoms with Gasteiger partial charge in [0.15, 0.2) is 0 Å². The minimum absolute atomic E-state index is 0.100. The average molecular weight is 329 g/mol. The Labute approximate surface area is 142 Å². The Bertz CT molecular complexity index is 681. The van der Waals surface area contributed by atoms with Crippen LogP contribution in [0.3, 0.4) is 0 Å². The highest BCUT2D eigenvalue weighted by molar-refractivity contribution is 5.90. The van der Waals surface area contributed by atoms with E-state index in [2.05, 4.69) is 32.2 Å². The molecule has 4 heteroatoms. The van der Waals surface area contributed by atoms with Gasteiger partial charge in [0.2, 0.25) is 5.91 Å². The Morgan fingerprint density at radius 2 is 1.88 bits per heavy atom. The molecule has 0 fully saturated rings. The second-order valence-electron chi connectivity index (χ2n) is 6.18. The van der Waals surface area contributed by atoms with E-state index in [4.69, 9.17) is 4.74 Å². The lowest BCUT2D eigenvalue weighted by Gasteiger charge is -2.12. The van der Waals surface area contributed by atoms with Gasteiger partial charge in [-0.3, -0.25) is 4.79 Å². The maximum absolute atomic E-state index is 12.8. The van der Waals surface area contributed by atoms with Crippen LogP contribution in [-0.4, -0.2) is 12.5 Å². The Hall–Kier alpha value is -2.36. The lowest BCUT2D eigenvalue weighted by atomic mass is 9.98. The van der Waals surface area contributed by atoms with Crippen LogP contribution < -0.4 is 10.1 Å². The number of anilines is 1. The van der Waals surface area contributed by atoms with E-state index in [1.807, 2.05) is 12.1 Å². The Balaban J connectivity index is 1.73. The first kappa shape index (κ1) is 18.0. The summed E-state index contributed by atoms with van der Waals surface area (Å²) in [5.74, 6) is 0.904. The topological polar surface area (TPSA) is 38.3 Å². The highest BCUT2D eigenvalue weighted by Gasteiger charge is 2.06. The summed E-state index contributed by atoms with van der Waals surface area (Å²) in [6, 6.07) is 11.8. The number of amides is 1. The number of aryl methyl sites for hydroxylation is 1. The second kappa shape index (κ2) is 8.48. The molecule has 1 N–H and O–H groups in total. The number of halogens is 1. The number of rotatable bonds is 7. The van der Waals surface area contributed by atoms with Crippen molar-refractivity contribution < 1.29 is 13.9 Å². The van der Waals surface area contributed by atoms with E-state index < -0.39 is 0 Å². The predicted molar refractivity (Wildman–Crippen MR) is 95.0 cm³/mol. The van der Waals surface area contributed by atoms with Crippen LogP contribution in [0.25, 0.3) is 0 Å². The lowest BCUT2D eigenvalue weighted by molar-refractivity contribution is -0.116. The molecule has 0 aromatic heterocycles. The first-order valence-electron chi connectivity index (χ1n) is 8.24. The van der Waals surface area contributed by atoms with Crippen molar-refractivity contribution in [1.29, 1.82) is 0 Å². The fraction of sp³-hybridized carbons (Fsp3) is 0.350. The van der Waals surface area contributed by atoms with E-state index >= 15 is 0 Å². The Morgan fingerprint density at radius 1 is 1.17 bits per heavy atom. The zero-order valence-corrected chi connectivity index (χ0v) is 14.4. The van der Waals surface area contributed by atoms with Crippen LogP contribution in [0, 0.1) is 12.7 Å². The van der Waals surface area contributed by atoms with Gasteiger partial charge in [-0.15, -0.1) is 0 Å². The zero-order chi connectivity index (χ0) is 17.5. The quantitative estimate of drug-likeness (QED) is 0.721. The molecule has 0 saturated heterocycles. The van der Waals surface area contributed by atoms with Gasteiger partial charge in [-0.2, -0.15) is 0 Å². The van der Waals surface area contributed by atoms with Gasteiger partial charge in [0.05, 0.1) is 6.61 Å². The summed E-state index contributed by atoms with van der Waals surface area (Å²) in [7, 11) is 0. The van der Waals surface area contributed by atoms with Crippen LogP contribution in [0.4, 0.5) is 10.1 Å². The molecule has 2 rings (SSSR count). The monoisotopic (exact) mass is 329 g/mol. The highest BCUT2D eigenvalue weighted by Crippen LogP contribution is 2.23. The second-order valence-corrected chi connectivity index (χ2v) is 6.18. The van der Waals surface area contributed by atoms with Crippen molar-refractivity contribution in [2.24, 2.45) is 0 Å². The molecule has 0 radical (unpaired) electrons. The van der Waals surface area contributed by atoms with Gasteiger partial charge in [-0.1, -0.05) is 19.9 Å². The lowest BCUT2D eigenvalue weighted by Crippen LogP contribution is -2.12. The summed E-state index contributed by atoms with van der Waals surface area (Å²) in [4.78, 5) is 11.8. The van der Waals surface area contributed by atoms with Crippen LogP contribution in [0.2, 0.25) is 0 Å². The maximum Gasteiger partial charge on any atom is 0.224 e. The molecule has 0 aliphatic carbocycles. The summed E-state index contributed by atoms with van der Waals surface area (Å²) in [5, 5.41) is 2.74. The number of hydrogen-bond acceptors (Lipinski definition) is 2. The molecule has 24 heavy (non-hydrogen) atoms. The average Bonchev–Trinajstić information content (AvgIpc) is 2.53. The van der Waals surface area contributed by atoms with E-state index in [0.717, 1.165) is 5.75 Å². The van der Waals surface area contributed by atoms with Crippen molar-refractivity contribution in [2.75, 3.05) is 11.9 Å². The van der Waals surface area contributed by atoms with Crippen molar-refractivity contribution in [3.05, 3.63) is 59.4 Å². The fourth-order valence-electron chi connectivity index (χ4n) is 2.57. The summed E-state index contributed by atoms with van der Waals surface area (Å²) >= 11 is 0. The third kappa shape index (κ3) is 5.37. The normalized spacial score (nSPS) is 10.7. The third-order valence-corrected chi connectivity index (χ3v) is 3.81. The van der Waals surface area contributed by atoms with Crippen molar-refractivity contribution >= 4 is 11.6 Å². The molecular weight excluding hydrogens is 305 g/mol. The summed E-state index contributed by atoms with van der Waals surface area (Å²) in [6.07, 6.45) is 0.985. The molecule has 1 amide bonds. The van der Waals surface area contributed by atoms with Gasteiger partial charge in [0.25, 0.3) is 0 Å². The fourth-order valence-corrected chi connectivity index (χ4v) is 2.57. The third-order valence-electron chi connectivity index (χ3n) is 3.81. The van der Waals surface area contributed by atoms with Crippen molar-refractivity contribution in [2.45, 2.75) is 39.5 Å². The summed E-state index contributed by atoms with van der Waals surface area (Å²) < 4.78 is 18.5. The van der Waals surface area contributed by atoms with Crippen molar-refractivity contribution in [3.8, 4) is 5.75 Å². The Kier molecular flexibility index (Phi) is 6.36. The first-order valence-corrected chi connectivity index (χ1v) is 8.24. The zero-order valence-electron chi connectivity index (χ0n) is 14.4. The summed E-state index contributed by atoms with van der Waals surface area (Å²) in [5.41, 5.74) is 3.14. The molecule has 128 valence electrons. The van der Waals surface area contributed by atoms with E-state index in [1.165, 1.54) is 23.3 Å². The van der Waals surface area contributed by atoms with Gasteiger partial charge in [0.1, 0.15) is 11.6 Å².